The Morgan fingerprint density at radius 3 is 2.82 bits per heavy atom. The summed E-state index contributed by atoms with van der Waals surface area (Å²) in [4.78, 5) is 2.44. The zero-order valence-corrected chi connectivity index (χ0v) is 22.4. The van der Waals surface area contributed by atoms with Gasteiger partial charge in [-0.1, -0.05) is 0 Å². The van der Waals surface area contributed by atoms with Gasteiger partial charge in [-0.05, 0) is 0 Å². The SMILES string of the molecule is CCCNCCN1/C(=C\C=C\c2cc[n+](CCCl)c3cc(C)ccc23)[Se]c2cc(Cl)ccc21. The fourth-order valence-corrected chi connectivity index (χ4v) is 6.95. The average molecular weight is 546 g/mol. The first-order valence-corrected chi connectivity index (χ1v) is 14.1. The number of rotatable bonds is 9. The van der Waals surface area contributed by atoms with Crippen LogP contribution in [0.5, 0.6) is 0 Å². The number of anilines is 1. The Morgan fingerprint density at radius 2 is 2.00 bits per heavy atom. The van der Waals surface area contributed by atoms with Crippen molar-refractivity contribution in [1.82, 2.24) is 5.32 Å². The van der Waals surface area contributed by atoms with Gasteiger partial charge in [-0.3, -0.25) is 0 Å². The predicted octanol–water partition coefficient (Wildman–Crippen LogP) is 5.03. The minimum absolute atomic E-state index is 0.245. The molecule has 2 aromatic carbocycles. The minimum atomic E-state index is 0.245. The van der Waals surface area contributed by atoms with Crippen LogP contribution in [0.2, 0.25) is 5.02 Å². The Morgan fingerprint density at radius 1 is 1.12 bits per heavy atom. The topological polar surface area (TPSA) is 19.1 Å². The molecule has 0 unspecified atom stereocenters. The van der Waals surface area contributed by atoms with E-state index in [9.17, 15) is 0 Å². The molecule has 0 bridgehead atoms. The molecule has 1 aliphatic heterocycles. The maximum absolute atomic E-state index is 6.29. The summed E-state index contributed by atoms with van der Waals surface area (Å²) >= 11 is 12.6. The zero-order chi connectivity index (χ0) is 23.2. The second-order valence-electron chi connectivity index (χ2n) is 8.15. The molecule has 0 aliphatic carbocycles. The third kappa shape index (κ3) is 5.82. The van der Waals surface area contributed by atoms with E-state index in [-0.39, 0.29) is 15.0 Å². The molecule has 0 saturated carbocycles. The van der Waals surface area contributed by atoms with Crippen LogP contribution in [0.25, 0.3) is 17.0 Å². The molecule has 1 N–H and O–H groups in total. The monoisotopic (exact) mass is 546 g/mol. The molecule has 0 radical (unpaired) electrons. The summed E-state index contributed by atoms with van der Waals surface area (Å²) in [6, 6.07) is 15.1. The van der Waals surface area contributed by atoms with E-state index >= 15 is 0 Å². The molecule has 1 aromatic heterocycles. The molecular formula is C27H30Cl2N3Se+. The Bertz CT molecular complexity index is 1190. The van der Waals surface area contributed by atoms with Gasteiger partial charge >= 0.3 is 214 Å². The standard InChI is InChI=1S/C27H30Cl2N3Se/c1-3-13-30-14-17-32-24-10-8-22(29)19-26(24)33-27(32)6-4-5-21-11-15-31(16-12-28)25-18-20(2)7-9-23(21)25/h4-11,15,18-19,30H,3,12-14,16-17H2,1-2H3/q+1. The van der Waals surface area contributed by atoms with Gasteiger partial charge in [-0.2, -0.15) is 0 Å². The summed E-state index contributed by atoms with van der Waals surface area (Å²) in [5.74, 6) is 0.602. The van der Waals surface area contributed by atoms with Gasteiger partial charge in [-0.25, -0.2) is 0 Å². The zero-order valence-electron chi connectivity index (χ0n) is 19.2. The van der Waals surface area contributed by atoms with Crippen molar-refractivity contribution in [3.63, 3.8) is 0 Å². The number of hydrogen-bond acceptors (Lipinski definition) is 2. The van der Waals surface area contributed by atoms with Crippen molar-refractivity contribution in [3.8, 4) is 0 Å². The van der Waals surface area contributed by atoms with E-state index in [4.69, 9.17) is 23.2 Å². The maximum atomic E-state index is 6.29. The predicted molar refractivity (Wildman–Crippen MR) is 144 cm³/mol. The van der Waals surface area contributed by atoms with Crippen LogP contribution in [0.4, 0.5) is 5.69 Å². The Balaban J connectivity index is 1.61. The second kappa shape index (κ2) is 11.6. The van der Waals surface area contributed by atoms with E-state index in [2.05, 4.69) is 89.5 Å². The number of alkyl halides is 1. The van der Waals surface area contributed by atoms with Crippen molar-refractivity contribution in [2.24, 2.45) is 0 Å². The van der Waals surface area contributed by atoms with E-state index in [1.54, 1.807) is 0 Å². The van der Waals surface area contributed by atoms with Crippen LogP contribution in [0.15, 0.2) is 65.4 Å². The number of nitrogens with zero attached hydrogens (tertiary/aromatic N) is 2. The first kappa shape index (κ1) is 24.3. The van der Waals surface area contributed by atoms with Crippen LogP contribution >= 0.6 is 23.2 Å². The van der Waals surface area contributed by atoms with Gasteiger partial charge in [0.05, 0.1) is 0 Å². The van der Waals surface area contributed by atoms with Gasteiger partial charge < -0.3 is 0 Å². The van der Waals surface area contributed by atoms with Crippen molar-refractivity contribution >= 4 is 65.3 Å². The molecule has 3 aromatic rings. The Kier molecular flexibility index (Phi) is 8.51. The molecule has 6 heteroatoms. The number of hydrogen-bond donors (Lipinski definition) is 1. The van der Waals surface area contributed by atoms with Crippen LogP contribution in [-0.2, 0) is 6.54 Å². The van der Waals surface area contributed by atoms with Gasteiger partial charge in [-0.15, -0.1) is 0 Å². The quantitative estimate of drug-likeness (QED) is 0.176. The number of allylic oxidation sites excluding steroid dienone is 2. The van der Waals surface area contributed by atoms with Crippen LogP contribution in [0.3, 0.4) is 0 Å². The van der Waals surface area contributed by atoms with Gasteiger partial charge in [0, 0.05) is 0 Å². The summed E-state index contributed by atoms with van der Waals surface area (Å²) in [6.45, 7) is 8.12. The summed E-state index contributed by atoms with van der Waals surface area (Å²) in [5.41, 5.74) is 4.99. The fraction of sp³-hybridized carbons (Fsp3) is 0.296. The number of aromatic nitrogens is 1. The number of benzene rings is 2. The molecule has 172 valence electrons. The van der Waals surface area contributed by atoms with E-state index in [0.29, 0.717) is 5.88 Å². The summed E-state index contributed by atoms with van der Waals surface area (Å²) in [6.07, 6.45) is 9.97. The van der Waals surface area contributed by atoms with Crippen LogP contribution in [-0.4, -0.2) is 40.5 Å². The summed E-state index contributed by atoms with van der Waals surface area (Å²) in [5, 5.41) is 5.59. The van der Waals surface area contributed by atoms with E-state index in [1.807, 2.05) is 6.07 Å². The number of halogens is 2. The second-order valence-corrected chi connectivity index (χ2v) is 11.2. The van der Waals surface area contributed by atoms with E-state index in [0.717, 1.165) is 37.6 Å². The van der Waals surface area contributed by atoms with E-state index in [1.165, 1.54) is 36.8 Å². The third-order valence-corrected chi connectivity index (χ3v) is 8.42. The first-order valence-electron chi connectivity index (χ1n) is 11.4. The van der Waals surface area contributed by atoms with Gasteiger partial charge in [0.1, 0.15) is 0 Å². The summed E-state index contributed by atoms with van der Waals surface area (Å²) in [7, 11) is 0. The molecule has 1 aliphatic rings. The summed E-state index contributed by atoms with van der Waals surface area (Å²) < 4.78 is 4.95. The fourth-order valence-electron chi connectivity index (χ4n) is 4.06. The number of pyridine rings is 1. The molecule has 3 nitrogen and oxygen atoms in total. The molecule has 0 saturated heterocycles. The van der Waals surface area contributed by atoms with Gasteiger partial charge in [0.2, 0.25) is 0 Å². The van der Waals surface area contributed by atoms with Crippen LogP contribution in [0.1, 0.15) is 24.5 Å². The van der Waals surface area contributed by atoms with E-state index < -0.39 is 0 Å². The van der Waals surface area contributed by atoms with Crippen molar-refractivity contribution in [2.45, 2.75) is 26.8 Å². The molecule has 2 heterocycles. The van der Waals surface area contributed by atoms with Crippen molar-refractivity contribution in [1.29, 1.82) is 0 Å². The molecule has 0 fully saturated rings. The Hall–Kier alpha value is -1.81. The van der Waals surface area contributed by atoms with Gasteiger partial charge in [0.25, 0.3) is 0 Å². The van der Waals surface area contributed by atoms with Crippen molar-refractivity contribution in [2.75, 3.05) is 30.4 Å². The number of fused-ring (bicyclic) bond motifs is 2. The molecule has 0 atom stereocenters. The molecule has 4 rings (SSSR count). The van der Waals surface area contributed by atoms with Gasteiger partial charge in [0.15, 0.2) is 0 Å². The molecule has 33 heavy (non-hydrogen) atoms. The van der Waals surface area contributed by atoms with Crippen LogP contribution < -0.4 is 19.2 Å². The molecule has 0 amide bonds. The number of aryl methyl sites for hydroxylation is 2. The Labute approximate surface area is 213 Å². The van der Waals surface area contributed by atoms with Crippen molar-refractivity contribution in [3.05, 3.63) is 81.6 Å². The average Bonchev–Trinajstić information content (AvgIpc) is 3.14. The van der Waals surface area contributed by atoms with Crippen LogP contribution in [0, 0.1) is 6.92 Å². The van der Waals surface area contributed by atoms with Crippen molar-refractivity contribution < 1.29 is 4.57 Å². The molecule has 0 spiro atoms. The normalized spacial score (nSPS) is 14.7. The third-order valence-electron chi connectivity index (χ3n) is 5.68. The number of nitrogens with one attached hydrogen (secondary N) is 1. The first-order chi connectivity index (χ1) is 16.1. The molecular weight excluding hydrogens is 516 g/mol.